The van der Waals surface area contributed by atoms with Crippen LogP contribution in [0.1, 0.15) is 126 Å². The second-order valence-electron chi connectivity index (χ2n) is 16.0. The number of esters is 6. The lowest BCUT2D eigenvalue weighted by molar-refractivity contribution is -0.171. The predicted molar refractivity (Wildman–Crippen MR) is 219 cm³/mol. The lowest BCUT2D eigenvalue weighted by Crippen LogP contribution is -2.52. The van der Waals surface area contributed by atoms with Gasteiger partial charge in [-0.3, -0.25) is 52.7 Å². The molecule has 3 rings (SSSR count). The van der Waals surface area contributed by atoms with Crippen molar-refractivity contribution in [2.45, 2.75) is 126 Å². The van der Waals surface area contributed by atoms with Crippen LogP contribution >= 0.6 is 0 Å². The summed E-state index contributed by atoms with van der Waals surface area (Å²) in [5.74, 6) is -4.73. The number of ether oxygens (including phenoxy) is 6. The number of ketones is 5. The Labute approximate surface area is 360 Å². The molecule has 0 saturated heterocycles. The van der Waals surface area contributed by atoms with Crippen LogP contribution in [0.15, 0.2) is 0 Å². The van der Waals surface area contributed by atoms with Gasteiger partial charge >= 0.3 is 35.8 Å². The fourth-order valence-electron chi connectivity index (χ4n) is 6.96. The molecule has 0 aromatic carbocycles. The molecule has 0 amide bonds. The summed E-state index contributed by atoms with van der Waals surface area (Å²) < 4.78 is 26.5. The molecule has 4 unspecified atom stereocenters. The molecule has 8 atom stereocenters. The van der Waals surface area contributed by atoms with Gasteiger partial charge in [-0.1, -0.05) is 47.0 Å². The predicted octanol–water partition coefficient (Wildman–Crippen LogP) is 4.98. The standard InChI is InChI=1S/C12H18O5.C9H14O5.2C8H14O.C7H10O5/c1-11(9(14)16-3)6-5-7-12(2,8(11)13)10(15)17-4;1-5(8(11)13-3)7(10)6(2)9(12)14-4;2*1-6-4-3-5-7(2)8(6)9;1-11-6(9)3-5(8)4-7(10)12-2/h5-7H2,1-4H3;5-6H,1-4H3;2*6-7H,3-5H2,1-2H3;3-4H2,1-2H3/t;;2*6-,7+;. The molecule has 0 bridgehead atoms. The van der Waals surface area contributed by atoms with Crippen molar-refractivity contribution >= 4 is 64.7 Å². The third-order valence-corrected chi connectivity index (χ3v) is 11.2. The fraction of sp³-hybridized carbons (Fsp3) is 0.750. The fourth-order valence-corrected chi connectivity index (χ4v) is 6.96. The lowest BCUT2D eigenvalue weighted by Gasteiger charge is -2.38. The van der Waals surface area contributed by atoms with E-state index in [-0.39, 0.29) is 12.8 Å². The summed E-state index contributed by atoms with van der Waals surface area (Å²) in [6.45, 7) is 14.0. The SMILES string of the molecule is COC(=O)C(C)C(=O)C(C)C(=O)OC.COC(=O)C1(C)CCCC(C)(C(=O)OC)C1=O.COC(=O)CC(=O)CC(=O)OC.C[C@@H]1CCC[C@H](C)C1=O.C[C@@H]1CCC[C@H](C)C1=O. The molecule has 0 radical (unpaired) electrons. The molecule has 0 heterocycles. The number of carbonyl (C=O) groups is 11. The molecule has 0 aliphatic heterocycles. The van der Waals surface area contributed by atoms with Crippen molar-refractivity contribution < 1.29 is 81.2 Å². The van der Waals surface area contributed by atoms with Crippen LogP contribution in [0.25, 0.3) is 0 Å². The van der Waals surface area contributed by atoms with Crippen LogP contribution in [0.2, 0.25) is 0 Å². The second kappa shape index (κ2) is 28.7. The van der Waals surface area contributed by atoms with Gasteiger partial charge in [0.2, 0.25) is 0 Å². The van der Waals surface area contributed by atoms with E-state index in [0.717, 1.165) is 25.7 Å². The molecule has 17 nitrogen and oxygen atoms in total. The van der Waals surface area contributed by atoms with Gasteiger partial charge in [-0.05, 0) is 66.2 Å². The van der Waals surface area contributed by atoms with Crippen molar-refractivity contribution in [2.75, 3.05) is 42.7 Å². The number of hydrogen-bond donors (Lipinski definition) is 0. The molecule has 61 heavy (non-hydrogen) atoms. The number of Topliss-reactive ketones (excluding diaryl/α,β-unsaturated/α-hetero) is 5. The highest BCUT2D eigenvalue weighted by molar-refractivity contribution is 6.14. The molecule has 3 aliphatic rings. The Morgan fingerprint density at radius 1 is 0.508 bits per heavy atom. The summed E-state index contributed by atoms with van der Waals surface area (Å²) in [5, 5.41) is 0. The Hall–Kier alpha value is -4.83. The maximum absolute atomic E-state index is 12.4. The minimum Gasteiger partial charge on any atom is -0.469 e. The summed E-state index contributed by atoms with van der Waals surface area (Å²) in [7, 11) is 7.21. The molecule has 0 N–H and O–H groups in total. The Balaban J connectivity index is 0. The topological polar surface area (TPSA) is 243 Å². The second-order valence-corrected chi connectivity index (χ2v) is 16.0. The first kappa shape index (κ1) is 58.3. The zero-order valence-electron chi connectivity index (χ0n) is 38.7. The highest BCUT2D eigenvalue weighted by Crippen LogP contribution is 2.44. The quantitative estimate of drug-likeness (QED) is 0.160. The summed E-state index contributed by atoms with van der Waals surface area (Å²) in [6.07, 6.45) is 7.61. The van der Waals surface area contributed by atoms with Crippen LogP contribution in [-0.4, -0.2) is 107 Å². The van der Waals surface area contributed by atoms with Crippen LogP contribution in [0.3, 0.4) is 0 Å². The van der Waals surface area contributed by atoms with Gasteiger partial charge < -0.3 is 28.4 Å². The van der Waals surface area contributed by atoms with Gasteiger partial charge in [0.25, 0.3) is 0 Å². The van der Waals surface area contributed by atoms with Gasteiger partial charge in [-0.25, -0.2) is 0 Å². The Kier molecular flexibility index (Phi) is 27.4. The van der Waals surface area contributed by atoms with E-state index in [9.17, 15) is 52.7 Å². The van der Waals surface area contributed by atoms with E-state index in [4.69, 9.17) is 0 Å². The first-order valence-corrected chi connectivity index (χ1v) is 20.4. The number of rotatable bonds is 10. The zero-order valence-corrected chi connectivity index (χ0v) is 38.7. The number of methoxy groups -OCH3 is 6. The van der Waals surface area contributed by atoms with Crippen molar-refractivity contribution in [3.05, 3.63) is 0 Å². The Morgan fingerprint density at radius 2 is 0.803 bits per heavy atom. The Bertz CT molecular complexity index is 1420. The third kappa shape index (κ3) is 18.8. The number of hydrogen-bond acceptors (Lipinski definition) is 17. The first-order valence-electron chi connectivity index (χ1n) is 20.4. The molecule has 0 aromatic heterocycles. The van der Waals surface area contributed by atoms with E-state index in [1.807, 2.05) is 27.7 Å². The summed E-state index contributed by atoms with van der Waals surface area (Å²) in [4.78, 5) is 123. The molecule has 3 fully saturated rings. The van der Waals surface area contributed by atoms with Crippen LogP contribution < -0.4 is 0 Å². The third-order valence-electron chi connectivity index (χ3n) is 11.2. The van der Waals surface area contributed by atoms with Crippen LogP contribution in [0, 0.1) is 46.3 Å². The van der Waals surface area contributed by atoms with E-state index in [1.165, 1.54) is 83.2 Å². The van der Waals surface area contributed by atoms with E-state index in [0.29, 0.717) is 54.5 Å². The van der Waals surface area contributed by atoms with E-state index in [1.54, 1.807) is 0 Å². The minimum atomic E-state index is -1.24. The average molecular weight is 871 g/mol. The van der Waals surface area contributed by atoms with Crippen molar-refractivity contribution in [2.24, 2.45) is 46.3 Å². The van der Waals surface area contributed by atoms with Gasteiger partial charge in [-0.15, -0.1) is 0 Å². The summed E-state index contributed by atoms with van der Waals surface area (Å²) >= 11 is 0. The normalized spacial score (nSPS) is 25.0. The molecule has 348 valence electrons. The largest absolute Gasteiger partial charge is 0.469 e. The molecule has 0 aromatic rings. The van der Waals surface area contributed by atoms with Crippen molar-refractivity contribution in [1.29, 1.82) is 0 Å². The van der Waals surface area contributed by atoms with Gasteiger partial charge in [0.1, 0.15) is 47.1 Å². The van der Waals surface area contributed by atoms with Crippen LogP contribution in [0.4, 0.5) is 0 Å². The summed E-state index contributed by atoms with van der Waals surface area (Å²) in [5.41, 5.74) is -2.48. The smallest absolute Gasteiger partial charge is 0.319 e. The van der Waals surface area contributed by atoms with Crippen molar-refractivity contribution in [1.82, 2.24) is 0 Å². The lowest BCUT2D eigenvalue weighted by atomic mass is 9.62. The molecule has 3 aliphatic carbocycles. The van der Waals surface area contributed by atoms with Crippen molar-refractivity contribution in [3.8, 4) is 0 Å². The van der Waals surface area contributed by atoms with E-state index in [2.05, 4.69) is 28.4 Å². The van der Waals surface area contributed by atoms with Gasteiger partial charge in [-0.2, -0.15) is 0 Å². The summed E-state index contributed by atoms with van der Waals surface area (Å²) in [6, 6.07) is 0. The molecule has 3 saturated carbocycles. The Morgan fingerprint density at radius 3 is 1.03 bits per heavy atom. The molecule has 0 spiro atoms. The van der Waals surface area contributed by atoms with Gasteiger partial charge in [0, 0.05) is 23.7 Å². The molecular formula is C44H70O17. The molecular weight excluding hydrogens is 800 g/mol. The van der Waals surface area contributed by atoms with Gasteiger partial charge in [0.05, 0.1) is 42.7 Å². The van der Waals surface area contributed by atoms with E-state index >= 15 is 0 Å². The van der Waals surface area contributed by atoms with Crippen LogP contribution in [0.5, 0.6) is 0 Å². The van der Waals surface area contributed by atoms with Crippen molar-refractivity contribution in [3.63, 3.8) is 0 Å². The highest BCUT2D eigenvalue weighted by Gasteiger charge is 2.57. The highest BCUT2D eigenvalue weighted by atomic mass is 16.5. The van der Waals surface area contributed by atoms with Gasteiger partial charge in [0.15, 0.2) is 17.3 Å². The molecule has 17 heteroatoms. The number of carbonyl (C=O) groups excluding carboxylic acids is 11. The van der Waals surface area contributed by atoms with E-state index < -0.39 is 75.8 Å². The maximum atomic E-state index is 12.4. The zero-order chi connectivity index (χ0) is 47.8. The van der Waals surface area contributed by atoms with Crippen LogP contribution in [-0.2, 0) is 81.2 Å². The minimum absolute atomic E-state index is 0.341. The first-order chi connectivity index (χ1) is 28.3. The maximum Gasteiger partial charge on any atom is 0.319 e. The monoisotopic (exact) mass is 870 g/mol. The average Bonchev–Trinajstić information content (AvgIpc) is 3.25.